The third-order valence-electron chi connectivity index (χ3n) is 0. The molecule has 0 unspecified atom stereocenters. The second-order valence-corrected chi connectivity index (χ2v) is 21.2. The fraction of sp³-hybridized carbons (Fsp3) is 0. The van der Waals surface area contributed by atoms with Crippen molar-refractivity contribution < 1.29 is 248 Å². The molecule has 0 aromatic carbocycles. The fourth-order valence-corrected chi connectivity index (χ4v) is 0. The minimum absolute atomic E-state index is 0. The summed E-state index contributed by atoms with van der Waals surface area (Å²) in [6.07, 6.45) is 0. The molecule has 0 radical (unpaired) electrons. The number of hydrogen-bond donors (Lipinski definition) is 20. The zero-order valence-corrected chi connectivity index (χ0v) is 35.8. The monoisotopic (exact) mass is 1380 g/mol. The summed E-state index contributed by atoms with van der Waals surface area (Å²) in [5, 5.41) is 0. The van der Waals surface area contributed by atoms with Crippen molar-refractivity contribution >= 4 is 0 Å². The van der Waals surface area contributed by atoms with Crippen LogP contribution >= 0.6 is 0 Å². The van der Waals surface area contributed by atoms with Crippen LogP contribution in [0.15, 0.2) is 0 Å². The van der Waals surface area contributed by atoms with Crippen molar-refractivity contribution in [2.45, 2.75) is 0 Å². The van der Waals surface area contributed by atoms with Crippen molar-refractivity contribution in [2.75, 3.05) is 0 Å². The van der Waals surface area contributed by atoms with Gasteiger partial charge >= 0.3 is 248 Å². The van der Waals surface area contributed by atoms with E-state index in [4.69, 9.17) is 115 Å². The molecule has 288 valence electrons. The topological polar surface area (TPSA) is 737 Å². The molecule has 0 atom stereocenters. The first kappa shape index (κ1) is 80.3. The Morgan fingerprint density at radius 1 is 0.159 bits per heavy atom. The molecule has 0 saturated carbocycles. The van der Waals surface area contributed by atoms with Crippen molar-refractivity contribution in [2.24, 2.45) is 0 Å². The fourth-order valence-electron chi connectivity index (χ4n) is 0. The predicted molar refractivity (Wildman–Crippen MR) is 66.6 cm³/mol. The molecule has 0 rings (SSSR count). The van der Waals surface area contributed by atoms with Gasteiger partial charge in [-0.3, -0.25) is 0 Å². The van der Waals surface area contributed by atoms with E-state index in [-0.39, 0.29) is 24.6 Å². The second kappa shape index (κ2) is 34.4. The molecule has 44 heteroatoms. The van der Waals surface area contributed by atoms with E-state index in [1.165, 1.54) is 0 Å². The Kier molecular flexibility index (Phi) is 62.7. The Morgan fingerprint density at radius 2 is 0.159 bits per heavy atom. The van der Waals surface area contributed by atoms with Crippen LogP contribution in [0.5, 0.6) is 0 Å². The molecule has 0 fully saturated rings. The molecule has 0 aliphatic carbocycles. The molecule has 0 aromatic rings. The van der Waals surface area contributed by atoms with Crippen LogP contribution in [0, 0.1) is 0 Å². The Balaban J connectivity index is -0.0000000263. The van der Waals surface area contributed by atoms with Gasteiger partial charge in [0.2, 0.25) is 0 Å². The third-order valence-corrected chi connectivity index (χ3v) is 0. The van der Waals surface area contributed by atoms with Gasteiger partial charge in [-0.2, -0.15) is 0 Å². The van der Waals surface area contributed by atoms with E-state index in [0.29, 0.717) is 0 Å². The van der Waals surface area contributed by atoms with E-state index in [0.717, 1.165) is 0 Å². The summed E-state index contributed by atoms with van der Waals surface area (Å²) in [7, 11) is 0. The van der Waals surface area contributed by atoms with Gasteiger partial charge in [0.15, 0.2) is 0 Å². The third kappa shape index (κ3) is 34600. The quantitative estimate of drug-likeness (QED) is 0.100. The average molecular weight is 1360 g/mol. The van der Waals surface area contributed by atoms with E-state index >= 15 is 0 Å². The van der Waals surface area contributed by atoms with Gasteiger partial charge in [0.05, 0.1) is 0 Å². The second-order valence-electron chi connectivity index (χ2n) is 3.58. The maximum absolute atomic E-state index is 8.85. The van der Waals surface area contributed by atoms with E-state index in [9.17, 15) is 0 Å². The SMILES string of the molecule is N.N.N.N.[O]=[Mo](=[O])([OH])[OH].[O]=[Mo](=[O])([OH])[OH].[O]=[Mo](=[O])([OH])[OH].[O]=[Mo](=[O])([OH])[OH].[O]=[Mo](=[O])([OH])[OH].[O]=[Mo](=[O])([OH])[OH].[O]=[Mo](=[O])([OH])[OH].[O]=[Mo](=[O])([OH])[OH]. The summed E-state index contributed by atoms with van der Waals surface area (Å²) in [5.74, 6) is 0. The van der Waals surface area contributed by atoms with Crippen LogP contribution < -0.4 is 24.6 Å². The van der Waals surface area contributed by atoms with Gasteiger partial charge in [-0.1, -0.05) is 0 Å². The van der Waals surface area contributed by atoms with Crippen LogP contribution in [0.4, 0.5) is 0 Å². The molecule has 28 N–H and O–H groups in total. The molecule has 0 aromatic heterocycles. The van der Waals surface area contributed by atoms with E-state index in [2.05, 4.69) is 0 Å². The molecule has 36 nitrogen and oxygen atoms in total. The zero-order valence-electron chi connectivity index (χ0n) is 19.8. The minimum atomic E-state index is -5.52. The standard InChI is InChI=1S/8Mo.4H3N.16H2O.16O/h;;;;;;;;4*1H3;16*1H2;;;;;;;;;;;;;;;;/q8*+2;;;;;;;;;;;;;;;;;;;;;;;;;;;;;;;;;;;;/p-16. The van der Waals surface area contributed by atoms with E-state index in [1.807, 2.05) is 0 Å². The average Bonchev–Trinajstić information content (AvgIpc) is 2.16. The van der Waals surface area contributed by atoms with Crippen LogP contribution in [-0.4, -0.2) is 60.2 Å². The number of rotatable bonds is 0. The van der Waals surface area contributed by atoms with Gasteiger partial charge in [0.25, 0.3) is 0 Å². The van der Waals surface area contributed by atoms with Crippen molar-refractivity contribution in [3.05, 3.63) is 0 Å². The summed E-state index contributed by atoms with van der Waals surface area (Å²) in [4.78, 5) is 0. The molecule has 0 aliphatic rings. The first-order chi connectivity index (χ1) is 16.0. The molecule has 0 aliphatic heterocycles. The first-order valence-electron chi connectivity index (χ1n) is 5.59. The van der Waals surface area contributed by atoms with Crippen molar-refractivity contribution in [3.63, 3.8) is 0 Å². The van der Waals surface area contributed by atoms with Crippen molar-refractivity contribution in [1.29, 1.82) is 0 Å². The summed E-state index contributed by atoms with van der Waals surface area (Å²) >= 11 is -44.2. The Labute approximate surface area is 269 Å². The molecular formula is H28Mo8N4O32. The Morgan fingerprint density at radius 3 is 0.159 bits per heavy atom. The predicted octanol–water partition coefficient (Wildman–Crippen LogP) is -10.2. The van der Waals surface area contributed by atoms with Crippen LogP contribution in [0.2, 0.25) is 0 Å². The normalized spacial score (nSPS) is 10.5. The molecule has 0 heterocycles. The molecule has 0 amide bonds. The van der Waals surface area contributed by atoms with Crippen LogP contribution in [0.3, 0.4) is 0 Å². The summed E-state index contributed by atoms with van der Waals surface area (Å²) in [6.45, 7) is 0. The van der Waals surface area contributed by atoms with Crippen molar-refractivity contribution in [1.82, 2.24) is 24.6 Å². The Bertz CT molecular complexity index is 1070. The summed E-state index contributed by atoms with van der Waals surface area (Å²) < 4.78 is 256. The van der Waals surface area contributed by atoms with Gasteiger partial charge in [0, 0.05) is 0 Å². The van der Waals surface area contributed by atoms with Gasteiger partial charge in [-0.15, -0.1) is 0 Å². The molecular weight excluding hydrogens is 1340 g/mol. The van der Waals surface area contributed by atoms with Crippen LogP contribution in [0.1, 0.15) is 0 Å². The van der Waals surface area contributed by atoms with Gasteiger partial charge in [0.1, 0.15) is 0 Å². The first-order valence-corrected chi connectivity index (χ1v) is 33.1. The molecule has 0 bridgehead atoms. The Hall–Kier alpha value is 1.51. The summed E-state index contributed by atoms with van der Waals surface area (Å²) in [6, 6.07) is 0. The van der Waals surface area contributed by atoms with Crippen LogP contribution in [0.25, 0.3) is 0 Å². The molecule has 0 spiro atoms. The maximum atomic E-state index is 8.85. The van der Waals surface area contributed by atoms with Gasteiger partial charge in [-0.25, -0.2) is 0 Å². The zero-order chi connectivity index (χ0) is 36.0. The number of hydrogen-bond acceptors (Lipinski definition) is 20. The van der Waals surface area contributed by atoms with Crippen LogP contribution in [-0.2, 0) is 188 Å². The summed E-state index contributed by atoms with van der Waals surface area (Å²) in [5.41, 5.74) is 0. The van der Waals surface area contributed by atoms with Crippen molar-refractivity contribution in [3.8, 4) is 0 Å². The van der Waals surface area contributed by atoms with E-state index in [1.54, 1.807) is 0 Å². The van der Waals surface area contributed by atoms with Gasteiger partial charge < -0.3 is 24.6 Å². The van der Waals surface area contributed by atoms with Gasteiger partial charge in [-0.05, 0) is 0 Å². The van der Waals surface area contributed by atoms with E-state index < -0.39 is 134 Å². The molecule has 44 heavy (non-hydrogen) atoms. The molecule has 0 saturated heterocycles.